The first kappa shape index (κ1) is 12.3. The first-order chi connectivity index (χ1) is 8.05. The van der Waals surface area contributed by atoms with Gasteiger partial charge in [-0.1, -0.05) is 13.3 Å². The maximum atomic E-state index is 12.2. The molecule has 0 bridgehead atoms. The molecule has 0 spiro atoms. The van der Waals surface area contributed by atoms with Gasteiger partial charge in [0.15, 0.2) is 0 Å². The van der Waals surface area contributed by atoms with Gasteiger partial charge in [0.05, 0.1) is 0 Å². The highest BCUT2D eigenvalue weighted by atomic mass is 32.2. The quantitative estimate of drug-likeness (QED) is 0.869. The van der Waals surface area contributed by atoms with Crippen LogP contribution in [0.5, 0.6) is 0 Å². The summed E-state index contributed by atoms with van der Waals surface area (Å²) >= 11 is 0. The molecular formula is C11H16N2O3S. The second-order valence-electron chi connectivity index (χ2n) is 4.30. The number of nitrogens with zero attached hydrogens (tertiary/aromatic N) is 1. The van der Waals surface area contributed by atoms with Gasteiger partial charge in [0.2, 0.25) is 15.5 Å². The molecule has 1 aromatic heterocycles. The Hall–Kier alpha value is -1.14. The van der Waals surface area contributed by atoms with E-state index in [1.54, 1.807) is 0 Å². The Bertz CT molecular complexity index is 550. The third-order valence-corrected chi connectivity index (χ3v) is 5.12. The Morgan fingerprint density at radius 1 is 1.53 bits per heavy atom. The van der Waals surface area contributed by atoms with E-state index in [0.29, 0.717) is 19.0 Å². The molecule has 1 aliphatic heterocycles. The van der Waals surface area contributed by atoms with Crippen molar-refractivity contribution in [2.45, 2.75) is 24.7 Å². The molecule has 1 unspecified atom stereocenters. The van der Waals surface area contributed by atoms with E-state index < -0.39 is 15.5 Å². The third-order valence-electron chi connectivity index (χ3n) is 3.23. The van der Waals surface area contributed by atoms with Crippen LogP contribution in [-0.2, 0) is 10.0 Å². The molecule has 5 nitrogen and oxygen atoms in total. The van der Waals surface area contributed by atoms with Crippen molar-refractivity contribution in [3.8, 4) is 0 Å². The average Bonchev–Trinajstić information content (AvgIpc) is 2.78. The van der Waals surface area contributed by atoms with Crippen LogP contribution in [-0.4, -0.2) is 30.8 Å². The lowest BCUT2D eigenvalue weighted by Gasteiger charge is -2.15. The number of hydrogen-bond donors (Lipinski definition) is 1. The normalized spacial score (nSPS) is 21.8. The molecule has 0 amide bonds. The lowest BCUT2D eigenvalue weighted by atomic mass is 10.1. The van der Waals surface area contributed by atoms with E-state index in [1.807, 2.05) is 0 Å². The Balaban J connectivity index is 2.33. The summed E-state index contributed by atoms with van der Waals surface area (Å²) < 4.78 is 25.9. The van der Waals surface area contributed by atoms with Crippen molar-refractivity contribution in [1.29, 1.82) is 0 Å². The largest absolute Gasteiger partial charge is 0.366 e. The number of rotatable bonds is 3. The van der Waals surface area contributed by atoms with E-state index in [-0.39, 0.29) is 4.90 Å². The number of H-pyrrole nitrogens is 1. The zero-order valence-corrected chi connectivity index (χ0v) is 10.5. The van der Waals surface area contributed by atoms with Crippen LogP contribution in [0.3, 0.4) is 0 Å². The van der Waals surface area contributed by atoms with Crippen molar-refractivity contribution in [2.24, 2.45) is 5.92 Å². The summed E-state index contributed by atoms with van der Waals surface area (Å²) in [6.45, 7) is 3.08. The molecule has 6 heteroatoms. The summed E-state index contributed by atoms with van der Waals surface area (Å²) in [4.78, 5) is 14.0. The average molecular weight is 256 g/mol. The molecule has 2 rings (SSSR count). The van der Waals surface area contributed by atoms with Gasteiger partial charge in [0.1, 0.15) is 4.90 Å². The van der Waals surface area contributed by atoms with Crippen LogP contribution < -0.4 is 5.43 Å². The summed E-state index contributed by atoms with van der Waals surface area (Å²) in [5.74, 6) is 0.410. The van der Waals surface area contributed by atoms with Crippen LogP contribution in [0.25, 0.3) is 0 Å². The number of sulfonamides is 1. The third kappa shape index (κ3) is 2.28. The minimum Gasteiger partial charge on any atom is -0.366 e. The second-order valence-corrected chi connectivity index (χ2v) is 6.21. The lowest BCUT2D eigenvalue weighted by Crippen LogP contribution is -2.32. The fourth-order valence-electron chi connectivity index (χ4n) is 2.09. The first-order valence-corrected chi connectivity index (χ1v) is 7.17. The molecule has 0 aromatic carbocycles. The van der Waals surface area contributed by atoms with E-state index in [4.69, 9.17) is 0 Å². The molecule has 1 saturated heterocycles. The zero-order chi connectivity index (χ0) is 12.5. The highest BCUT2D eigenvalue weighted by Gasteiger charge is 2.32. The fraction of sp³-hybridized carbons (Fsp3) is 0.545. The zero-order valence-electron chi connectivity index (χ0n) is 9.72. The molecule has 1 aliphatic rings. The van der Waals surface area contributed by atoms with Gasteiger partial charge in [-0.3, -0.25) is 4.79 Å². The van der Waals surface area contributed by atoms with Crippen molar-refractivity contribution in [2.75, 3.05) is 13.1 Å². The Kier molecular flexibility index (Phi) is 3.35. The molecule has 1 atom stereocenters. The number of aromatic amines is 1. The Labute approximate surface area is 101 Å². The van der Waals surface area contributed by atoms with Crippen molar-refractivity contribution in [3.05, 3.63) is 28.7 Å². The lowest BCUT2D eigenvalue weighted by molar-refractivity contribution is 0.452. The predicted octanol–water partition coefficient (Wildman–Crippen LogP) is 0.796. The maximum absolute atomic E-state index is 12.2. The highest BCUT2D eigenvalue weighted by molar-refractivity contribution is 7.89. The molecule has 0 radical (unpaired) electrons. The molecule has 1 fully saturated rings. The van der Waals surface area contributed by atoms with Crippen molar-refractivity contribution >= 4 is 10.0 Å². The van der Waals surface area contributed by atoms with Gasteiger partial charge in [0.25, 0.3) is 0 Å². The van der Waals surface area contributed by atoms with Crippen molar-refractivity contribution < 1.29 is 8.42 Å². The van der Waals surface area contributed by atoms with Crippen LogP contribution in [0, 0.1) is 5.92 Å². The van der Waals surface area contributed by atoms with Crippen molar-refractivity contribution in [1.82, 2.24) is 9.29 Å². The van der Waals surface area contributed by atoms with Crippen LogP contribution in [0.15, 0.2) is 28.2 Å². The predicted molar refractivity (Wildman–Crippen MR) is 64.2 cm³/mol. The highest BCUT2D eigenvalue weighted by Crippen LogP contribution is 2.24. The van der Waals surface area contributed by atoms with Gasteiger partial charge in [0, 0.05) is 31.5 Å². The van der Waals surface area contributed by atoms with Crippen LogP contribution in [0.4, 0.5) is 0 Å². The first-order valence-electron chi connectivity index (χ1n) is 5.73. The smallest absolute Gasteiger partial charge is 0.248 e. The second kappa shape index (κ2) is 4.62. The summed E-state index contributed by atoms with van der Waals surface area (Å²) in [5.41, 5.74) is -0.455. The minimum absolute atomic E-state index is 0.156. The van der Waals surface area contributed by atoms with Crippen LogP contribution in [0.1, 0.15) is 19.8 Å². The van der Waals surface area contributed by atoms with Gasteiger partial charge >= 0.3 is 0 Å². The van der Waals surface area contributed by atoms with Gasteiger partial charge < -0.3 is 4.98 Å². The summed E-state index contributed by atoms with van der Waals surface area (Å²) in [6.07, 6.45) is 4.54. The molecule has 2 heterocycles. The van der Waals surface area contributed by atoms with E-state index in [9.17, 15) is 13.2 Å². The van der Waals surface area contributed by atoms with Crippen molar-refractivity contribution in [3.63, 3.8) is 0 Å². The Morgan fingerprint density at radius 3 is 2.88 bits per heavy atom. The van der Waals surface area contributed by atoms with Crippen LogP contribution >= 0.6 is 0 Å². The molecule has 0 saturated carbocycles. The SMILES string of the molecule is CCC1CCN(S(=O)(=O)c2c[nH]ccc2=O)C1. The van der Waals surface area contributed by atoms with Crippen LogP contribution in [0.2, 0.25) is 0 Å². The fourth-order valence-corrected chi connectivity index (χ4v) is 3.66. The summed E-state index contributed by atoms with van der Waals surface area (Å²) in [6, 6.07) is 1.24. The number of nitrogens with one attached hydrogen (secondary N) is 1. The molecule has 0 aliphatic carbocycles. The number of hydrogen-bond acceptors (Lipinski definition) is 3. The molecule has 17 heavy (non-hydrogen) atoms. The summed E-state index contributed by atoms with van der Waals surface area (Å²) in [7, 11) is -3.62. The van der Waals surface area contributed by atoms with E-state index in [1.165, 1.54) is 22.8 Å². The summed E-state index contributed by atoms with van der Waals surface area (Å²) in [5, 5.41) is 0. The monoisotopic (exact) mass is 256 g/mol. The molecule has 94 valence electrons. The number of pyridine rings is 1. The molecule has 1 aromatic rings. The van der Waals surface area contributed by atoms with Gasteiger partial charge in [-0.25, -0.2) is 8.42 Å². The maximum Gasteiger partial charge on any atom is 0.248 e. The topological polar surface area (TPSA) is 70.2 Å². The van der Waals surface area contributed by atoms with E-state index >= 15 is 0 Å². The minimum atomic E-state index is -3.62. The molecule has 1 N–H and O–H groups in total. The van der Waals surface area contributed by atoms with E-state index in [0.717, 1.165) is 12.8 Å². The van der Waals surface area contributed by atoms with Gasteiger partial charge in [-0.2, -0.15) is 4.31 Å². The molecular weight excluding hydrogens is 240 g/mol. The van der Waals surface area contributed by atoms with Gasteiger partial charge in [-0.05, 0) is 12.3 Å². The number of aromatic nitrogens is 1. The standard InChI is InChI=1S/C11H16N2O3S/c1-2-9-4-6-13(8-9)17(15,16)11-7-12-5-3-10(11)14/h3,5,7,9H,2,4,6,8H2,1H3,(H,12,14). The van der Waals surface area contributed by atoms with Gasteiger partial charge in [-0.15, -0.1) is 0 Å². The van der Waals surface area contributed by atoms with E-state index in [2.05, 4.69) is 11.9 Å². The Morgan fingerprint density at radius 2 is 2.29 bits per heavy atom.